The first-order chi connectivity index (χ1) is 9.19. The Morgan fingerprint density at radius 3 is 3.00 bits per heavy atom. The van der Waals surface area contributed by atoms with Crippen LogP contribution in [0.4, 0.5) is 4.39 Å². The Hall–Kier alpha value is -2.32. The van der Waals surface area contributed by atoms with Crippen LogP contribution in [0.3, 0.4) is 0 Å². The van der Waals surface area contributed by atoms with Crippen molar-refractivity contribution in [2.24, 2.45) is 12.8 Å². The molecule has 0 spiro atoms. The molecule has 0 aliphatic carbocycles. The largest absolute Gasteiger partial charge is 0.487 e. The van der Waals surface area contributed by atoms with Crippen LogP contribution in [0.25, 0.3) is 0 Å². The van der Waals surface area contributed by atoms with E-state index in [0.717, 1.165) is 5.56 Å². The maximum Gasteiger partial charge on any atom is 0.138 e. The minimum Gasteiger partial charge on any atom is -0.487 e. The van der Waals surface area contributed by atoms with Gasteiger partial charge in [0.05, 0.1) is 18.3 Å². The van der Waals surface area contributed by atoms with E-state index in [9.17, 15) is 4.39 Å². The molecule has 0 fully saturated rings. The molecule has 2 N–H and O–H groups in total. The van der Waals surface area contributed by atoms with E-state index in [0.29, 0.717) is 17.9 Å². The van der Waals surface area contributed by atoms with Crippen molar-refractivity contribution in [1.82, 2.24) is 9.78 Å². The van der Waals surface area contributed by atoms with Crippen LogP contribution in [0, 0.1) is 17.7 Å². The molecule has 0 unspecified atom stereocenters. The third kappa shape index (κ3) is 3.57. The lowest BCUT2D eigenvalue weighted by Crippen LogP contribution is -1.98. The van der Waals surface area contributed by atoms with Crippen LogP contribution in [0.5, 0.6) is 5.75 Å². The van der Waals surface area contributed by atoms with E-state index in [4.69, 9.17) is 10.5 Å². The standard InChI is InChI=1S/C14H14FN3O/c1-18-9-11(8-17-18)10-19-14-7-13(15)5-4-12(14)3-2-6-16/h4-5,7-9H,6,10,16H2,1H3. The summed E-state index contributed by atoms with van der Waals surface area (Å²) in [6, 6.07) is 4.24. The van der Waals surface area contributed by atoms with Crippen molar-refractivity contribution in [3.63, 3.8) is 0 Å². The quantitative estimate of drug-likeness (QED) is 0.849. The third-order valence-electron chi connectivity index (χ3n) is 2.42. The molecule has 19 heavy (non-hydrogen) atoms. The van der Waals surface area contributed by atoms with Crippen LogP contribution in [-0.2, 0) is 13.7 Å². The summed E-state index contributed by atoms with van der Waals surface area (Å²) in [5.74, 6) is 5.63. The zero-order valence-corrected chi connectivity index (χ0v) is 10.6. The number of rotatable bonds is 3. The number of aromatic nitrogens is 2. The normalized spacial score (nSPS) is 9.84. The molecule has 1 heterocycles. The van der Waals surface area contributed by atoms with E-state index in [1.165, 1.54) is 12.1 Å². The predicted molar refractivity (Wildman–Crippen MR) is 69.9 cm³/mol. The fraction of sp³-hybridized carbons (Fsp3) is 0.214. The van der Waals surface area contributed by atoms with Crippen molar-refractivity contribution < 1.29 is 9.13 Å². The van der Waals surface area contributed by atoms with Gasteiger partial charge in [0.2, 0.25) is 0 Å². The Morgan fingerprint density at radius 1 is 1.47 bits per heavy atom. The first-order valence-electron chi connectivity index (χ1n) is 5.78. The molecule has 0 aliphatic heterocycles. The Balaban J connectivity index is 2.16. The molecule has 0 aliphatic rings. The van der Waals surface area contributed by atoms with Gasteiger partial charge in [-0.15, -0.1) is 0 Å². The van der Waals surface area contributed by atoms with Crippen molar-refractivity contribution in [2.75, 3.05) is 6.54 Å². The van der Waals surface area contributed by atoms with Gasteiger partial charge >= 0.3 is 0 Å². The van der Waals surface area contributed by atoms with Gasteiger partial charge in [-0.05, 0) is 12.1 Å². The summed E-state index contributed by atoms with van der Waals surface area (Å²) in [4.78, 5) is 0. The lowest BCUT2D eigenvalue weighted by Gasteiger charge is -2.07. The number of benzene rings is 1. The van der Waals surface area contributed by atoms with Crippen LogP contribution in [0.2, 0.25) is 0 Å². The summed E-state index contributed by atoms with van der Waals surface area (Å²) in [6.07, 6.45) is 3.54. The molecular formula is C14H14FN3O. The Bertz CT molecular complexity index is 625. The number of aryl methyl sites for hydroxylation is 1. The molecule has 0 saturated heterocycles. The van der Waals surface area contributed by atoms with E-state index < -0.39 is 0 Å². The summed E-state index contributed by atoms with van der Waals surface area (Å²) in [7, 11) is 1.82. The molecule has 1 aromatic heterocycles. The van der Waals surface area contributed by atoms with Gasteiger partial charge in [0, 0.05) is 24.9 Å². The minimum absolute atomic E-state index is 0.249. The fourth-order valence-corrected chi connectivity index (χ4v) is 1.57. The number of hydrogen-bond donors (Lipinski definition) is 1. The van der Waals surface area contributed by atoms with Gasteiger partial charge in [-0.25, -0.2) is 4.39 Å². The molecule has 1 aromatic carbocycles. The highest BCUT2D eigenvalue weighted by atomic mass is 19.1. The number of hydrogen-bond acceptors (Lipinski definition) is 3. The molecule has 0 amide bonds. The SMILES string of the molecule is Cn1cc(COc2cc(F)ccc2C#CCN)cn1. The summed E-state index contributed by atoms with van der Waals surface area (Å²) < 4.78 is 20.5. The fourth-order valence-electron chi connectivity index (χ4n) is 1.57. The van der Waals surface area contributed by atoms with E-state index >= 15 is 0 Å². The smallest absolute Gasteiger partial charge is 0.138 e. The lowest BCUT2D eigenvalue weighted by atomic mass is 10.2. The summed E-state index contributed by atoms with van der Waals surface area (Å²) in [6.45, 7) is 0.564. The van der Waals surface area contributed by atoms with Crippen LogP contribution in [-0.4, -0.2) is 16.3 Å². The second kappa shape index (κ2) is 6.03. The monoisotopic (exact) mass is 259 g/mol. The number of nitrogens with zero attached hydrogens (tertiary/aromatic N) is 2. The van der Waals surface area contributed by atoms with E-state index in [-0.39, 0.29) is 12.4 Å². The molecule has 0 radical (unpaired) electrons. The summed E-state index contributed by atoms with van der Waals surface area (Å²) in [5, 5.41) is 4.04. The van der Waals surface area contributed by atoms with Crippen molar-refractivity contribution in [3.05, 3.63) is 47.5 Å². The third-order valence-corrected chi connectivity index (χ3v) is 2.42. The first-order valence-corrected chi connectivity index (χ1v) is 5.78. The second-order valence-corrected chi connectivity index (χ2v) is 3.96. The Labute approximate surface area is 111 Å². The van der Waals surface area contributed by atoms with Gasteiger partial charge in [0.25, 0.3) is 0 Å². The second-order valence-electron chi connectivity index (χ2n) is 3.96. The van der Waals surface area contributed by atoms with Crippen molar-refractivity contribution in [3.8, 4) is 17.6 Å². The lowest BCUT2D eigenvalue weighted by molar-refractivity contribution is 0.303. The molecule has 5 heteroatoms. The molecule has 2 aromatic rings. The van der Waals surface area contributed by atoms with Crippen LogP contribution < -0.4 is 10.5 Å². The average Bonchev–Trinajstić information content (AvgIpc) is 2.81. The highest BCUT2D eigenvalue weighted by Crippen LogP contribution is 2.20. The Kier molecular flexibility index (Phi) is 4.16. The Morgan fingerprint density at radius 2 is 2.32 bits per heavy atom. The molecular weight excluding hydrogens is 245 g/mol. The van der Waals surface area contributed by atoms with Crippen molar-refractivity contribution in [2.45, 2.75) is 6.61 Å². The zero-order valence-electron chi connectivity index (χ0n) is 10.6. The van der Waals surface area contributed by atoms with Gasteiger partial charge in [0.15, 0.2) is 0 Å². The molecule has 0 saturated carbocycles. The molecule has 4 nitrogen and oxygen atoms in total. The highest BCUT2D eigenvalue weighted by Gasteiger charge is 2.05. The maximum atomic E-state index is 13.2. The van der Waals surface area contributed by atoms with Gasteiger partial charge in [-0.1, -0.05) is 11.8 Å². The van der Waals surface area contributed by atoms with Crippen LogP contribution in [0.15, 0.2) is 30.6 Å². The zero-order chi connectivity index (χ0) is 13.7. The topological polar surface area (TPSA) is 53.1 Å². The van der Waals surface area contributed by atoms with Gasteiger partial charge in [0.1, 0.15) is 18.2 Å². The van der Waals surface area contributed by atoms with Gasteiger partial charge in [-0.2, -0.15) is 5.10 Å². The van der Waals surface area contributed by atoms with Crippen LogP contribution in [0.1, 0.15) is 11.1 Å². The predicted octanol–water partition coefficient (Wildman–Crippen LogP) is 1.45. The maximum absolute atomic E-state index is 13.2. The molecule has 2 rings (SSSR count). The highest BCUT2D eigenvalue weighted by molar-refractivity contribution is 5.46. The molecule has 0 atom stereocenters. The average molecular weight is 259 g/mol. The van der Waals surface area contributed by atoms with E-state index in [1.54, 1.807) is 16.9 Å². The minimum atomic E-state index is -0.362. The van der Waals surface area contributed by atoms with Crippen LogP contribution >= 0.6 is 0 Å². The van der Waals surface area contributed by atoms with E-state index in [1.807, 2.05) is 13.2 Å². The molecule has 0 bridgehead atoms. The van der Waals surface area contributed by atoms with Crippen molar-refractivity contribution in [1.29, 1.82) is 0 Å². The number of nitrogens with two attached hydrogens (primary N) is 1. The first kappa shape index (κ1) is 13.1. The number of halogens is 1. The molecule has 98 valence electrons. The van der Waals surface area contributed by atoms with Gasteiger partial charge < -0.3 is 10.5 Å². The number of ether oxygens (including phenoxy) is 1. The van der Waals surface area contributed by atoms with Gasteiger partial charge in [-0.3, -0.25) is 4.68 Å². The van der Waals surface area contributed by atoms with E-state index in [2.05, 4.69) is 16.9 Å². The summed E-state index contributed by atoms with van der Waals surface area (Å²) in [5.41, 5.74) is 6.85. The van der Waals surface area contributed by atoms with Crippen molar-refractivity contribution >= 4 is 0 Å². The summed E-state index contributed by atoms with van der Waals surface area (Å²) >= 11 is 0.